The highest BCUT2D eigenvalue weighted by Gasteiger charge is 2.11. The molecule has 0 aliphatic carbocycles. The lowest BCUT2D eigenvalue weighted by atomic mass is 10.4. The quantitative estimate of drug-likeness (QED) is 0.861. The summed E-state index contributed by atoms with van der Waals surface area (Å²) in [5.41, 5.74) is 7.50. The van der Waals surface area contributed by atoms with Gasteiger partial charge in [0.05, 0.1) is 25.1 Å². The predicted octanol–water partition coefficient (Wildman–Crippen LogP) is 0.504. The van der Waals surface area contributed by atoms with Crippen LogP contribution >= 0.6 is 0 Å². The van der Waals surface area contributed by atoms with E-state index in [1.807, 2.05) is 22.7 Å². The predicted molar refractivity (Wildman–Crippen MR) is 75.8 cm³/mol. The van der Waals surface area contributed by atoms with Gasteiger partial charge in [0.1, 0.15) is 6.61 Å². The van der Waals surface area contributed by atoms with Gasteiger partial charge in [-0.2, -0.15) is 0 Å². The zero-order valence-corrected chi connectivity index (χ0v) is 11.5. The summed E-state index contributed by atoms with van der Waals surface area (Å²) in [7, 11) is 0. The normalized spacial score (nSPS) is 16.6. The maximum atomic E-state index is 5.87. The monoisotopic (exact) mass is 276 g/mol. The summed E-state index contributed by atoms with van der Waals surface area (Å²) < 4.78 is 13.2. The molecule has 0 radical (unpaired) electrons. The first kappa shape index (κ1) is 13.4. The van der Waals surface area contributed by atoms with Crippen LogP contribution in [0.15, 0.2) is 24.5 Å². The fourth-order valence-electron chi connectivity index (χ4n) is 2.41. The van der Waals surface area contributed by atoms with Crippen molar-refractivity contribution in [3.63, 3.8) is 0 Å². The molecule has 0 aromatic carbocycles. The Bertz CT molecular complexity index is 563. The number of nitrogens with two attached hydrogens (primary N) is 1. The smallest absolute Gasteiger partial charge is 0.179 e. The third-order valence-electron chi connectivity index (χ3n) is 3.55. The summed E-state index contributed by atoms with van der Waals surface area (Å²) >= 11 is 0. The van der Waals surface area contributed by atoms with Gasteiger partial charge < -0.3 is 15.2 Å². The molecule has 2 N–H and O–H groups in total. The van der Waals surface area contributed by atoms with Gasteiger partial charge in [0, 0.05) is 32.4 Å². The molecule has 3 rings (SSSR count). The number of pyridine rings is 1. The van der Waals surface area contributed by atoms with Crippen LogP contribution in [-0.4, -0.2) is 53.7 Å². The van der Waals surface area contributed by atoms with Crippen LogP contribution < -0.4 is 10.5 Å². The van der Waals surface area contributed by atoms with E-state index in [0.29, 0.717) is 13.2 Å². The Morgan fingerprint density at radius 3 is 3.00 bits per heavy atom. The molecule has 1 aliphatic rings. The van der Waals surface area contributed by atoms with Gasteiger partial charge in [0.15, 0.2) is 11.4 Å². The number of imidazole rings is 1. The van der Waals surface area contributed by atoms with Crippen molar-refractivity contribution >= 4 is 5.65 Å². The first-order valence-corrected chi connectivity index (χ1v) is 6.96. The Balaban J connectivity index is 1.63. The highest BCUT2D eigenvalue weighted by atomic mass is 16.5. The minimum atomic E-state index is 0.471. The number of aromatic nitrogens is 2. The second-order valence-corrected chi connectivity index (χ2v) is 4.82. The summed E-state index contributed by atoms with van der Waals surface area (Å²) in [6, 6.07) is 3.90. The maximum Gasteiger partial charge on any atom is 0.179 e. The molecule has 0 saturated carbocycles. The van der Waals surface area contributed by atoms with Crippen molar-refractivity contribution in [3.8, 4) is 5.75 Å². The second kappa shape index (κ2) is 6.21. The Morgan fingerprint density at radius 1 is 1.35 bits per heavy atom. The first-order chi connectivity index (χ1) is 9.88. The molecule has 20 heavy (non-hydrogen) atoms. The lowest BCUT2D eigenvalue weighted by Gasteiger charge is -2.26. The second-order valence-electron chi connectivity index (χ2n) is 4.82. The van der Waals surface area contributed by atoms with Gasteiger partial charge in [-0.25, -0.2) is 4.98 Å². The van der Waals surface area contributed by atoms with E-state index < -0.39 is 0 Å². The third-order valence-corrected chi connectivity index (χ3v) is 3.55. The largest absolute Gasteiger partial charge is 0.488 e. The standard InChI is InChI=1S/C14H20N4O2/c15-10-12-11-16-14-13(2-1-3-18(12)14)20-9-6-17-4-7-19-8-5-17/h1-3,11H,4-10,15H2. The van der Waals surface area contributed by atoms with E-state index >= 15 is 0 Å². The van der Waals surface area contributed by atoms with E-state index in [1.165, 1.54) is 0 Å². The van der Waals surface area contributed by atoms with E-state index in [2.05, 4.69) is 9.88 Å². The number of fused-ring (bicyclic) bond motifs is 1. The molecule has 1 saturated heterocycles. The molecule has 0 spiro atoms. The van der Waals surface area contributed by atoms with Gasteiger partial charge in [-0.15, -0.1) is 0 Å². The molecule has 108 valence electrons. The summed E-state index contributed by atoms with van der Waals surface area (Å²) in [6.07, 6.45) is 3.75. The summed E-state index contributed by atoms with van der Waals surface area (Å²) in [5, 5.41) is 0. The number of ether oxygens (including phenoxy) is 2. The molecule has 0 bridgehead atoms. The SMILES string of the molecule is NCc1cnc2c(OCCN3CCOCC3)cccn12. The summed E-state index contributed by atoms with van der Waals surface area (Å²) in [5.74, 6) is 0.806. The first-order valence-electron chi connectivity index (χ1n) is 6.96. The van der Waals surface area contributed by atoms with E-state index in [4.69, 9.17) is 15.2 Å². The fraction of sp³-hybridized carbons (Fsp3) is 0.500. The molecule has 0 atom stereocenters. The zero-order valence-electron chi connectivity index (χ0n) is 11.5. The van der Waals surface area contributed by atoms with Crippen LogP contribution in [0.2, 0.25) is 0 Å². The number of hydrogen-bond acceptors (Lipinski definition) is 5. The molecular weight excluding hydrogens is 256 g/mol. The average Bonchev–Trinajstić information content (AvgIpc) is 2.92. The van der Waals surface area contributed by atoms with Crippen molar-refractivity contribution in [1.82, 2.24) is 14.3 Å². The molecule has 1 aliphatic heterocycles. The Labute approximate surface area is 118 Å². The Kier molecular flexibility index (Phi) is 4.15. The number of hydrogen-bond donors (Lipinski definition) is 1. The van der Waals surface area contributed by atoms with Crippen LogP contribution in [0.3, 0.4) is 0 Å². The van der Waals surface area contributed by atoms with E-state index in [1.54, 1.807) is 6.20 Å². The molecule has 3 heterocycles. The van der Waals surface area contributed by atoms with Gasteiger partial charge in [0.25, 0.3) is 0 Å². The number of morpholine rings is 1. The van der Waals surface area contributed by atoms with Gasteiger partial charge >= 0.3 is 0 Å². The van der Waals surface area contributed by atoms with Crippen molar-refractivity contribution in [3.05, 3.63) is 30.2 Å². The topological polar surface area (TPSA) is 65.0 Å². The van der Waals surface area contributed by atoms with Crippen LogP contribution in [0, 0.1) is 0 Å². The Hall–Kier alpha value is -1.63. The lowest BCUT2D eigenvalue weighted by Crippen LogP contribution is -2.38. The van der Waals surface area contributed by atoms with Gasteiger partial charge in [-0.1, -0.05) is 0 Å². The molecule has 1 fully saturated rings. The molecule has 0 amide bonds. The molecule has 6 heteroatoms. The van der Waals surface area contributed by atoms with Crippen LogP contribution in [0.5, 0.6) is 5.75 Å². The van der Waals surface area contributed by atoms with Gasteiger partial charge in [-0.3, -0.25) is 9.30 Å². The third kappa shape index (κ3) is 2.77. The van der Waals surface area contributed by atoms with Gasteiger partial charge in [-0.05, 0) is 12.1 Å². The highest BCUT2D eigenvalue weighted by Crippen LogP contribution is 2.19. The van der Waals surface area contributed by atoms with Crippen LogP contribution in [0.4, 0.5) is 0 Å². The van der Waals surface area contributed by atoms with Crippen molar-refractivity contribution in [2.24, 2.45) is 5.73 Å². The summed E-state index contributed by atoms with van der Waals surface area (Å²) in [4.78, 5) is 6.73. The van der Waals surface area contributed by atoms with Crippen molar-refractivity contribution < 1.29 is 9.47 Å². The summed E-state index contributed by atoms with van der Waals surface area (Å²) in [6.45, 7) is 5.63. The molecular formula is C14H20N4O2. The van der Waals surface area contributed by atoms with Crippen molar-refractivity contribution in [2.45, 2.75) is 6.54 Å². The van der Waals surface area contributed by atoms with E-state index in [0.717, 1.165) is 49.9 Å². The average molecular weight is 276 g/mol. The lowest BCUT2D eigenvalue weighted by molar-refractivity contribution is 0.0323. The van der Waals surface area contributed by atoms with Crippen LogP contribution in [0.1, 0.15) is 5.69 Å². The van der Waals surface area contributed by atoms with Crippen molar-refractivity contribution in [2.75, 3.05) is 39.5 Å². The molecule has 0 unspecified atom stereocenters. The Morgan fingerprint density at radius 2 is 2.20 bits per heavy atom. The minimum Gasteiger partial charge on any atom is -0.488 e. The minimum absolute atomic E-state index is 0.471. The maximum absolute atomic E-state index is 5.87. The number of rotatable bonds is 5. The zero-order chi connectivity index (χ0) is 13.8. The van der Waals surface area contributed by atoms with E-state index in [9.17, 15) is 0 Å². The molecule has 6 nitrogen and oxygen atoms in total. The molecule has 2 aromatic rings. The van der Waals surface area contributed by atoms with E-state index in [-0.39, 0.29) is 0 Å². The van der Waals surface area contributed by atoms with Gasteiger partial charge in [0.2, 0.25) is 0 Å². The molecule has 2 aromatic heterocycles. The number of nitrogens with zero attached hydrogens (tertiary/aromatic N) is 3. The van der Waals surface area contributed by atoms with Crippen LogP contribution in [0.25, 0.3) is 5.65 Å². The van der Waals surface area contributed by atoms with Crippen molar-refractivity contribution in [1.29, 1.82) is 0 Å². The fourth-order valence-corrected chi connectivity index (χ4v) is 2.41. The van der Waals surface area contributed by atoms with Crippen LogP contribution in [-0.2, 0) is 11.3 Å². The highest BCUT2D eigenvalue weighted by molar-refractivity contribution is 5.54.